The van der Waals surface area contributed by atoms with Crippen LogP contribution in [0.3, 0.4) is 0 Å². The third-order valence-electron chi connectivity index (χ3n) is 3.23. The fourth-order valence-corrected chi connectivity index (χ4v) is 2.21. The van der Waals surface area contributed by atoms with E-state index in [1.54, 1.807) is 36.5 Å². The molecule has 1 N–H and O–H groups in total. The predicted octanol–water partition coefficient (Wildman–Crippen LogP) is 3.16. The van der Waals surface area contributed by atoms with E-state index in [9.17, 15) is 10.1 Å². The summed E-state index contributed by atoms with van der Waals surface area (Å²) in [5, 5.41) is 22.8. The molecule has 0 saturated heterocycles. The molecule has 0 fully saturated rings. The van der Waals surface area contributed by atoms with Crippen molar-refractivity contribution in [1.82, 2.24) is 14.8 Å². The van der Waals surface area contributed by atoms with Crippen LogP contribution in [-0.2, 0) is 0 Å². The number of carbonyl (C=O) groups is 1. The standard InChI is InChI=1S/C16H9ClN4O2/c17-13-3-1-10(2-4-13)14-8-19-15(5-11(14)6-18)21-9-12(7-20-21)16(22)23/h1-5,7-9H,(H,22,23). The summed E-state index contributed by atoms with van der Waals surface area (Å²) in [6, 6.07) is 10.7. The lowest BCUT2D eigenvalue weighted by Gasteiger charge is -2.06. The maximum Gasteiger partial charge on any atom is 0.338 e. The summed E-state index contributed by atoms with van der Waals surface area (Å²) in [5.74, 6) is -0.707. The Morgan fingerprint density at radius 2 is 2.00 bits per heavy atom. The Morgan fingerprint density at radius 3 is 2.61 bits per heavy atom. The van der Waals surface area contributed by atoms with Gasteiger partial charge in [0.05, 0.1) is 23.4 Å². The van der Waals surface area contributed by atoms with Gasteiger partial charge in [0.25, 0.3) is 0 Å². The number of pyridine rings is 1. The number of halogens is 1. The zero-order chi connectivity index (χ0) is 16.4. The second-order valence-corrected chi connectivity index (χ2v) is 5.12. The Kier molecular flexibility index (Phi) is 3.79. The molecule has 7 heteroatoms. The number of hydrogen-bond donors (Lipinski definition) is 1. The van der Waals surface area contributed by atoms with Crippen LogP contribution in [0.15, 0.2) is 48.9 Å². The first kappa shape index (κ1) is 14.8. The van der Waals surface area contributed by atoms with Gasteiger partial charge in [-0.25, -0.2) is 14.5 Å². The number of aromatic nitrogens is 3. The molecule has 0 radical (unpaired) electrons. The van der Waals surface area contributed by atoms with Crippen LogP contribution in [0.25, 0.3) is 16.9 Å². The summed E-state index contributed by atoms with van der Waals surface area (Å²) in [6.07, 6.45) is 4.12. The Balaban J connectivity index is 2.04. The molecule has 112 valence electrons. The molecule has 0 aliphatic heterocycles. The van der Waals surface area contributed by atoms with Crippen molar-refractivity contribution in [3.63, 3.8) is 0 Å². The second kappa shape index (κ2) is 5.91. The quantitative estimate of drug-likeness (QED) is 0.799. The van der Waals surface area contributed by atoms with E-state index >= 15 is 0 Å². The number of rotatable bonds is 3. The topological polar surface area (TPSA) is 91.8 Å². The van der Waals surface area contributed by atoms with Crippen molar-refractivity contribution >= 4 is 17.6 Å². The summed E-state index contributed by atoms with van der Waals surface area (Å²) in [4.78, 5) is 15.2. The van der Waals surface area contributed by atoms with Gasteiger partial charge in [0, 0.05) is 29.0 Å². The smallest absolute Gasteiger partial charge is 0.338 e. The van der Waals surface area contributed by atoms with Crippen molar-refractivity contribution in [1.29, 1.82) is 5.26 Å². The Hall–Kier alpha value is -3.17. The van der Waals surface area contributed by atoms with Crippen molar-refractivity contribution in [3.05, 3.63) is 65.1 Å². The third kappa shape index (κ3) is 2.91. The first-order valence-electron chi connectivity index (χ1n) is 6.53. The average Bonchev–Trinajstić information content (AvgIpc) is 3.05. The van der Waals surface area contributed by atoms with Crippen molar-refractivity contribution in [3.8, 4) is 23.0 Å². The summed E-state index contributed by atoms with van der Waals surface area (Å²) < 4.78 is 1.32. The van der Waals surface area contributed by atoms with E-state index in [0.717, 1.165) is 5.56 Å². The number of carboxylic acids is 1. The predicted molar refractivity (Wildman–Crippen MR) is 83.5 cm³/mol. The molecule has 0 unspecified atom stereocenters. The van der Waals surface area contributed by atoms with Gasteiger partial charge in [0.2, 0.25) is 0 Å². The molecule has 6 nitrogen and oxygen atoms in total. The van der Waals surface area contributed by atoms with Crippen molar-refractivity contribution in [2.24, 2.45) is 0 Å². The van der Waals surface area contributed by atoms with E-state index in [-0.39, 0.29) is 5.56 Å². The van der Waals surface area contributed by atoms with Crippen molar-refractivity contribution < 1.29 is 9.90 Å². The van der Waals surface area contributed by atoms with Gasteiger partial charge in [-0.05, 0) is 17.7 Å². The summed E-state index contributed by atoms with van der Waals surface area (Å²) >= 11 is 5.87. The highest BCUT2D eigenvalue weighted by atomic mass is 35.5. The zero-order valence-corrected chi connectivity index (χ0v) is 12.4. The van der Waals surface area contributed by atoms with E-state index in [1.807, 2.05) is 0 Å². The lowest BCUT2D eigenvalue weighted by Crippen LogP contribution is -2.00. The van der Waals surface area contributed by atoms with Gasteiger partial charge in [0.15, 0.2) is 5.82 Å². The average molecular weight is 325 g/mol. The maximum atomic E-state index is 10.9. The largest absolute Gasteiger partial charge is 0.478 e. The van der Waals surface area contributed by atoms with Crippen LogP contribution in [0.2, 0.25) is 5.02 Å². The van der Waals surface area contributed by atoms with Crippen LogP contribution in [0, 0.1) is 11.3 Å². The van der Waals surface area contributed by atoms with Gasteiger partial charge in [-0.1, -0.05) is 23.7 Å². The summed E-state index contributed by atoms with van der Waals surface area (Å²) in [5.41, 5.74) is 1.94. The molecule has 2 aromatic heterocycles. The highest BCUT2D eigenvalue weighted by Crippen LogP contribution is 2.25. The van der Waals surface area contributed by atoms with Crippen LogP contribution >= 0.6 is 11.6 Å². The molecule has 0 bridgehead atoms. The number of nitriles is 1. The highest BCUT2D eigenvalue weighted by molar-refractivity contribution is 6.30. The highest BCUT2D eigenvalue weighted by Gasteiger charge is 2.11. The SMILES string of the molecule is N#Cc1cc(-n2cc(C(=O)O)cn2)ncc1-c1ccc(Cl)cc1. The Labute approximate surface area is 136 Å². The molecule has 2 heterocycles. The van der Waals surface area contributed by atoms with Crippen LogP contribution in [0.1, 0.15) is 15.9 Å². The van der Waals surface area contributed by atoms with E-state index in [2.05, 4.69) is 16.2 Å². The molecule has 1 aromatic carbocycles. The van der Waals surface area contributed by atoms with Gasteiger partial charge in [0.1, 0.15) is 0 Å². The fraction of sp³-hybridized carbons (Fsp3) is 0. The normalized spacial score (nSPS) is 10.3. The summed E-state index contributed by atoms with van der Waals surface area (Å²) in [6.45, 7) is 0. The minimum absolute atomic E-state index is 0.0482. The molecule has 23 heavy (non-hydrogen) atoms. The second-order valence-electron chi connectivity index (χ2n) is 4.69. The molecular weight excluding hydrogens is 316 g/mol. The molecule has 0 amide bonds. The van der Waals surface area contributed by atoms with E-state index in [0.29, 0.717) is 22.0 Å². The number of hydrogen-bond acceptors (Lipinski definition) is 4. The van der Waals surface area contributed by atoms with Gasteiger partial charge >= 0.3 is 5.97 Å². The van der Waals surface area contributed by atoms with Crippen LogP contribution < -0.4 is 0 Å². The Bertz CT molecular complexity index is 926. The molecule has 3 aromatic rings. The molecule has 0 saturated carbocycles. The molecular formula is C16H9ClN4O2. The number of nitrogens with zero attached hydrogens (tertiary/aromatic N) is 4. The first-order valence-corrected chi connectivity index (χ1v) is 6.90. The summed E-state index contributed by atoms with van der Waals surface area (Å²) in [7, 11) is 0. The van der Waals surface area contributed by atoms with Gasteiger partial charge in [-0.15, -0.1) is 0 Å². The van der Waals surface area contributed by atoms with Crippen LogP contribution in [0.5, 0.6) is 0 Å². The third-order valence-corrected chi connectivity index (χ3v) is 3.48. The van der Waals surface area contributed by atoms with E-state index < -0.39 is 5.97 Å². The van der Waals surface area contributed by atoms with E-state index in [1.165, 1.54) is 17.1 Å². The lowest BCUT2D eigenvalue weighted by atomic mass is 10.0. The van der Waals surface area contributed by atoms with Crippen molar-refractivity contribution in [2.45, 2.75) is 0 Å². The fourth-order valence-electron chi connectivity index (χ4n) is 2.08. The van der Waals surface area contributed by atoms with E-state index in [4.69, 9.17) is 16.7 Å². The molecule has 0 atom stereocenters. The molecule has 0 aliphatic carbocycles. The zero-order valence-electron chi connectivity index (χ0n) is 11.6. The minimum atomic E-state index is -1.07. The van der Waals surface area contributed by atoms with Gasteiger partial charge < -0.3 is 5.11 Å². The lowest BCUT2D eigenvalue weighted by molar-refractivity contribution is 0.0697. The van der Waals surface area contributed by atoms with Crippen LogP contribution in [-0.4, -0.2) is 25.8 Å². The maximum absolute atomic E-state index is 10.9. The number of carboxylic acid groups (broad SMARTS) is 1. The molecule has 3 rings (SSSR count). The first-order chi connectivity index (χ1) is 11.1. The van der Waals surface area contributed by atoms with Crippen LogP contribution in [0.4, 0.5) is 0 Å². The van der Waals surface area contributed by atoms with Gasteiger partial charge in [-0.3, -0.25) is 0 Å². The minimum Gasteiger partial charge on any atom is -0.478 e. The molecule has 0 spiro atoms. The number of benzene rings is 1. The van der Waals surface area contributed by atoms with Gasteiger partial charge in [-0.2, -0.15) is 10.4 Å². The Morgan fingerprint density at radius 1 is 1.26 bits per heavy atom. The molecule has 0 aliphatic rings. The monoisotopic (exact) mass is 324 g/mol. The number of aromatic carboxylic acids is 1. The van der Waals surface area contributed by atoms with Crippen molar-refractivity contribution in [2.75, 3.05) is 0 Å².